The van der Waals surface area contributed by atoms with E-state index < -0.39 is 0 Å². The van der Waals surface area contributed by atoms with Gasteiger partial charge < -0.3 is 5.32 Å². The summed E-state index contributed by atoms with van der Waals surface area (Å²) in [7, 11) is 0. The quantitative estimate of drug-likeness (QED) is 0.882. The third-order valence-corrected chi connectivity index (χ3v) is 4.72. The highest BCUT2D eigenvalue weighted by Crippen LogP contribution is 2.37. The molecule has 2 heterocycles. The molecule has 0 aliphatic carbocycles. The van der Waals surface area contributed by atoms with Crippen LogP contribution in [0.2, 0.25) is 0 Å². The van der Waals surface area contributed by atoms with Crippen molar-refractivity contribution in [1.82, 2.24) is 10.3 Å². The van der Waals surface area contributed by atoms with E-state index in [0.717, 1.165) is 0 Å². The lowest BCUT2D eigenvalue weighted by atomic mass is 9.92. The van der Waals surface area contributed by atoms with E-state index in [1.54, 1.807) is 11.3 Å². The molecular formula is C11H18N2S2. The van der Waals surface area contributed by atoms with Crippen molar-refractivity contribution >= 4 is 23.1 Å². The molecule has 0 radical (unpaired) electrons. The molecule has 4 heteroatoms. The molecule has 1 aliphatic rings. The van der Waals surface area contributed by atoms with E-state index >= 15 is 0 Å². The van der Waals surface area contributed by atoms with Crippen LogP contribution in [0.4, 0.5) is 0 Å². The topological polar surface area (TPSA) is 24.9 Å². The second-order valence-corrected chi connectivity index (χ2v) is 6.45. The van der Waals surface area contributed by atoms with Gasteiger partial charge in [-0.15, -0.1) is 11.3 Å². The Morgan fingerprint density at radius 3 is 2.67 bits per heavy atom. The first-order chi connectivity index (χ1) is 7.23. The molecule has 84 valence electrons. The van der Waals surface area contributed by atoms with E-state index in [9.17, 15) is 0 Å². The number of rotatable bonds is 3. The molecule has 15 heavy (non-hydrogen) atoms. The first-order valence-corrected chi connectivity index (χ1v) is 7.52. The summed E-state index contributed by atoms with van der Waals surface area (Å²) in [5.74, 6) is 2.50. The van der Waals surface area contributed by atoms with Crippen molar-refractivity contribution in [3.05, 3.63) is 16.6 Å². The Morgan fingerprint density at radius 2 is 2.13 bits per heavy atom. The lowest BCUT2D eigenvalue weighted by molar-refractivity contribution is 0.281. The Labute approximate surface area is 99.9 Å². The molecule has 0 unspecified atom stereocenters. The van der Waals surface area contributed by atoms with Crippen LogP contribution in [-0.2, 0) is 5.54 Å². The third kappa shape index (κ3) is 2.55. The van der Waals surface area contributed by atoms with Gasteiger partial charge in [0.1, 0.15) is 5.01 Å². The van der Waals surface area contributed by atoms with Crippen molar-refractivity contribution in [2.45, 2.75) is 38.3 Å². The fraction of sp³-hybridized carbons (Fsp3) is 0.727. The van der Waals surface area contributed by atoms with Crippen LogP contribution in [0, 0.1) is 0 Å². The van der Waals surface area contributed by atoms with E-state index in [4.69, 9.17) is 0 Å². The summed E-state index contributed by atoms with van der Waals surface area (Å²) >= 11 is 3.85. The second kappa shape index (κ2) is 4.85. The minimum atomic E-state index is 0.160. The average molecular weight is 242 g/mol. The number of thiazole rings is 1. The predicted octanol–water partition coefficient (Wildman–Crippen LogP) is 2.86. The molecule has 1 aliphatic heterocycles. The Kier molecular flexibility index (Phi) is 3.69. The van der Waals surface area contributed by atoms with Gasteiger partial charge in [0, 0.05) is 17.6 Å². The average Bonchev–Trinajstić information content (AvgIpc) is 2.71. The number of hydrogen-bond donors (Lipinski definition) is 1. The molecule has 1 saturated heterocycles. The van der Waals surface area contributed by atoms with Gasteiger partial charge in [0.05, 0.1) is 5.54 Å². The third-order valence-electron chi connectivity index (χ3n) is 2.75. The van der Waals surface area contributed by atoms with Gasteiger partial charge in [0.2, 0.25) is 0 Å². The predicted molar refractivity (Wildman–Crippen MR) is 68.6 cm³/mol. The standard InChI is InChI=1S/C11H18N2S2/c1-9(2)13-11(3-6-14-7-4-11)10-12-5-8-15-10/h5,8-9,13H,3-4,6-7H2,1-2H3. The first-order valence-electron chi connectivity index (χ1n) is 5.48. The molecule has 1 aromatic rings. The van der Waals surface area contributed by atoms with Crippen LogP contribution in [0.3, 0.4) is 0 Å². The molecule has 0 saturated carbocycles. The highest BCUT2D eigenvalue weighted by atomic mass is 32.2. The lowest BCUT2D eigenvalue weighted by Gasteiger charge is -2.38. The number of nitrogens with one attached hydrogen (secondary N) is 1. The lowest BCUT2D eigenvalue weighted by Crippen LogP contribution is -2.48. The molecule has 0 amide bonds. The summed E-state index contributed by atoms with van der Waals surface area (Å²) in [6.07, 6.45) is 4.35. The van der Waals surface area contributed by atoms with Gasteiger partial charge in [-0.1, -0.05) is 0 Å². The zero-order valence-corrected chi connectivity index (χ0v) is 11.0. The smallest absolute Gasteiger partial charge is 0.113 e. The minimum absolute atomic E-state index is 0.160. The molecule has 1 fully saturated rings. The number of thioether (sulfide) groups is 1. The van der Waals surface area contributed by atoms with E-state index in [1.165, 1.54) is 29.4 Å². The fourth-order valence-corrected chi connectivity index (χ4v) is 4.20. The molecule has 1 N–H and O–H groups in total. The van der Waals surface area contributed by atoms with Crippen LogP contribution >= 0.6 is 23.1 Å². The highest BCUT2D eigenvalue weighted by Gasteiger charge is 2.36. The van der Waals surface area contributed by atoms with Crippen LogP contribution in [0.5, 0.6) is 0 Å². The van der Waals surface area contributed by atoms with E-state index in [1.807, 2.05) is 6.20 Å². The maximum Gasteiger partial charge on any atom is 0.113 e. The van der Waals surface area contributed by atoms with Crippen molar-refractivity contribution in [3.8, 4) is 0 Å². The SMILES string of the molecule is CC(C)NC1(c2nccs2)CCSCC1. The summed E-state index contributed by atoms with van der Waals surface area (Å²) in [6, 6.07) is 0.525. The fourth-order valence-electron chi connectivity index (χ4n) is 2.15. The van der Waals surface area contributed by atoms with Gasteiger partial charge in [-0.05, 0) is 38.2 Å². The van der Waals surface area contributed by atoms with E-state index in [2.05, 4.69) is 41.3 Å². The van der Waals surface area contributed by atoms with Crippen LogP contribution < -0.4 is 5.32 Å². The first kappa shape index (κ1) is 11.4. The molecule has 0 spiro atoms. The maximum absolute atomic E-state index is 4.51. The molecule has 0 atom stereocenters. The second-order valence-electron chi connectivity index (χ2n) is 4.33. The normalized spacial score (nSPS) is 20.7. The van der Waals surface area contributed by atoms with Gasteiger partial charge >= 0.3 is 0 Å². The van der Waals surface area contributed by atoms with Crippen molar-refractivity contribution in [2.24, 2.45) is 0 Å². The van der Waals surface area contributed by atoms with Crippen molar-refractivity contribution < 1.29 is 0 Å². The number of hydrogen-bond acceptors (Lipinski definition) is 4. The van der Waals surface area contributed by atoms with Gasteiger partial charge in [-0.2, -0.15) is 11.8 Å². The van der Waals surface area contributed by atoms with Crippen molar-refractivity contribution in [2.75, 3.05) is 11.5 Å². The van der Waals surface area contributed by atoms with Crippen LogP contribution in [0.15, 0.2) is 11.6 Å². The van der Waals surface area contributed by atoms with Gasteiger partial charge in [-0.3, -0.25) is 0 Å². The highest BCUT2D eigenvalue weighted by molar-refractivity contribution is 7.99. The maximum atomic E-state index is 4.51. The molecular weight excluding hydrogens is 224 g/mol. The van der Waals surface area contributed by atoms with E-state index in [-0.39, 0.29) is 5.54 Å². The summed E-state index contributed by atoms with van der Waals surface area (Å²) < 4.78 is 0. The zero-order valence-electron chi connectivity index (χ0n) is 9.32. The minimum Gasteiger partial charge on any atom is -0.303 e. The number of nitrogens with zero attached hydrogens (tertiary/aromatic N) is 1. The van der Waals surface area contributed by atoms with Crippen LogP contribution in [-0.4, -0.2) is 22.5 Å². The number of aromatic nitrogens is 1. The van der Waals surface area contributed by atoms with Crippen LogP contribution in [0.1, 0.15) is 31.7 Å². The summed E-state index contributed by atoms with van der Waals surface area (Å²) in [4.78, 5) is 4.51. The zero-order chi connectivity index (χ0) is 10.7. The Bertz CT molecular complexity index is 290. The molecule has 2 nitrogen and oxygen atoms in total. The monoisotopic (exact) mass is 242 g/mol. The van der Waals surface area contributed by atoms with Gasteiger partial charge in [0.25, 0.3) is 0 Å². The summed E-state index contributed by atoms with van der Waals surface area (Å²) in [5.41, 5.74) is 0.160. The summed E-state index contributed by atoms with van der Waals surface area (Å²) in [5, 5.41) is 7.09. The molecule has 0 aromatic carbocycles. The molecule has 0 bridgehead atoms. The largest absolute Gasteiger partial charge is 0.303 e. The Hall–Kier alpha value is -0.0600. The van der Waals surface area contributed by atoms with Crippen molar-refractivity contribution in [1.29, 1.82) is 0 Å². The summed E-state index contributed by atoms with van der Waals surface area (Å²) in [6.45, 7) is 4.44. The Balaban J connectivity index is 2.21. The Morgan fingerprint density at radius 1 is 1.40 bits per heavy atom. The van der Waals surface area contributed by atoms with Crippen LogP contribution in [0.25, 0.3) is 0 Å². The van der Waals surface area contributed by atoms with Crippen molar-refractivity contribution in [3.63, 3.8) is 0 Å². The van der Waals surface area contributed by atoms with Gasteiger partial charge in [-0.25, -0.2) is 4.98 Å². The van der Waals surface area contributed by atoms with Gasteiger partial charge in [0.15, 0.2) is 0 Å². The molecule has 2 rings (SSSR count). The molecule has 1 aromatic heterocycles. The van der Waals surface area contributed by atoms with E-state index in [0.29, 0.717) is 6.04 Å².